The number of anilines is 2. The van der Waals surface area contributed by atoms with Crippen molar-refractivity contribution in [3.8, 4) is 11.5 Å². The van der Waals surface area contributed by atoms with Crippen molar-refractivity contribution in [1.82, 2.24) is 0 Å². The quantitative estimate of drug-likeness (QED) is 0.405. The zero-order valence-corrected chi connectivity index (χ0v) is 24.6. The molecule has 2 aromatic rings. The van der Waals surface area contributed by atoms with E-state index in [1.807, 2.05) is 0 Å². The van der Waals surface area contributed by atoms with Crippen molar-refractivity contribution in [2.45, 2.75) is 52.4 Å². The number of rotatable bonds is 6. The second-order valence-electron chi connectivity index (χ2n) is 9.94. The van der Waals surface area contributed by atoms with Crippen LogP contribution in [-0.2, 0) is 34.9 Å². The molecule has 0 aliphatic carbocycles. The Hall–Kier alpha value is -0.897. The first-order chi connectivity index (χ1) is 13.3. The van der Waals surface area contributed by atoms with Crippen molar-refractivity contribution in [2.24, 2.45) is 0 Å². The van der Waals surface area contributed by atoms with E-state index in [1.54, 1.807) is 0 Å². The number of nitrogens with zero attached hydrogens (tertiary/aromatic N) is 2. The molecule has 0 amide bonds. The van der Waals surface area contributed by atoms with Gasteiger partial charge in [0.05, 0.1) is 0 Å². The summed E-state index contributed by atoms with van der Waals surface area (Å²) in [7, 11) is 8.21. The summed E-state index contributed by atoms with van der Waals surface area (Å²) in [5, 5.41) is 0. The summed E-state index contributed by atoms with van der Waals surface area (Å²) >= 11 is -1.55. The Bertz CT molecular complexity index is 775. The fourth-order valence-electron chi connectivity index (χ4n) is 2.95. The molecule has 0 atom stereocenters. The Morgan fingerprint density at radius 3 is 1.19 bits per heavy atom. The molecule has 174 valence electrons. The van der Waals surface area contributed by atoms with Gasteiger partial charge in [-0.15, -0.1) is 24.8 Å². The van der Waals surface area contributed by atoms with Gasteiger partial charge >= 0.3 is 191 Å². The monoisotopic (exact) mass is 546 g/mol. The van der Waals surface area contributed by atoms with Crippen LogP contribution in [0.2, 0.25) is 0 Å². The van der Waals surface area contributed by atoms with Crippen LogP contribution >= 0.6 is 24.8 Å². The van der Waals surface area contributed by atoms with Gasteiger partial charge < -0.3 is 0 Å². The first-order valence-corrected chi connectivity index (χ1v) is 12.0. The molecular weight excluding hydrogens is 510 g/mol. The third-order valence-corrected chi connectivity index (χ3v) is 6.41. The SMILES string of the molecule is CN(C)c1cc(C(C)(C)C)ccc1[O][Zr][O]c1ccc(C(C)(C)C)cc1N(C)C.Cl.Cl. The third-order valence-electron chi connectivity index (χ3n) is 4.92. The Kier molecular flexibility index (Phi) is 11.5. The van der Waals surface area contributed by atoms with Crippen molar-refractivity contribution >= 4 is 36.2 Å². The van der Waals surface area contributed by atoms with Crippen LogP contribution in [0.15, 0.2) is 36.4 Å². The molecular formula is C24H38Cl2N2O2Zr. The first kappa shape index (κ1) is 30.1. The third kappa shape index (κ3) is 8.19. The van der Waals surface area contributed by atoms with Crippen LogP contribution in [0.25, 0.3) is 0 Å². The Morgan fingerprint density at radius 2 is 0.935 bits per heavy atom. The predicted octanol–water partition coefficient (Wildman–Crippen LogP) is 6.63. The summed E-state index contributed by atoms with van der Waals surface area (Å²) in [5.41, 5.74) is 5.00. The number of halogens is 2. The molecule has 2 aromatic carbocycles. The minimum Gasteiger partial charge on any atom is -0.147 e. The Balaban J connectivity index is 0.00000450. The van der Waals surface area contributed by atoms with Crippen molar-refractivity contribution in [3.05, 3.63) is 47.5 Å². The van der Waals surface area contributed by atoms with Crippen molar-refractivity contribution in [1.29, 1.82) is 0 Å². The molecule has 0 heterocycles. The van der Waals surface area contributed by atoms with Crippen LogP contribution in [0.1, 0.15) is 52.7 Å². The minimum absolute atomic E-state index is 0. The standard InChI is InChI=1S/2C12H19NO.2ClH.Zr/c2*1-12(2,3)9-6-7-11(14)10(8-9)13(4)5;;;/h2*6-8,14H,1-5H3;2*1H;/q;;;;+2/p-2. The topological polar surface area (TPSA) is 24.9 Å². The largest absolute Gasteiger partial charge is 0.147 e. The second kappa shape index (κ2) is 11.8. The number of hydrogen-bond donors (Lipinski definition) is 0. The molecule has 2 rings (SSSR count). The van der Waals surface area contributed by atoms with E-state index in [0.717, 1.165) is 22.9 Å². The Labute approximate surface area is 214 Å². The molecule has 0 saturated heterocycles. The van der Waals surface area contributed by atoms with Gasteiger partial charge in [0.15, 0.2) is 0 Å². The van der Waals surface area contributed by atoms with Crippen molar-refractivity contribution < 1.29 is 29.7 Å². The maximum Gasteiger partial charge on any atom is -0.147 e. The molecule has 0 aliphatic rings. The summed E-state index contributed by atoms with van der Waals surface area (Å²) in [4.78, 5) is 4.21. The molecule has 0 aromatic heterocycles. The van der Waals surface area contributed by atoms with Crippen LogP contribution in [-0.4, -0.2) is 28.2 Å². The van der Waals surface area contributed by atoms with E-state index in [4.69, 9.17) is 5.63 Å². The molecule has 0 fully saturated rings. The summed E-state index contributed by atoms with van der Waals surface area (Å²) in [6, 6.07) is 12.9. The van der Waals surface area contributed by atoms with E-state index in [1.165, 1.54) is 11.1 Å². The average molecular weight is 549 g/mol. The molecule has 0 saturated carbocycles. The van der Waals surface area contributed by atoms with E-state index >= 15 is 0 Å². The molecule has 0 N–H and O–H groups in total. The zero-order chi connectivity index (χ0) is 22.0. The fourth-order valence-corrected chi connectivity index (χ4v) is 4.34. The molecule has 4 nitrogen and oxygen atoms in total. The van der Waals surface area contributed by atoms with Gasteiger partial charge in [0.1, 0.15) is 0 Å². The summed E-state index contributed by atoms with van der Waals surface area (Å²) in [5.74, 6) is 1.79. The first-order valence-electron chi connectivity index (χ1n) is 10.0. The van der Waals surface area contributed by atoms with E-state index in [0.29, 0.717) is 0 Å². The summed E-state index contributed by atoms with van der Waals surface area (Å²) < 4.78 is 12.4. The van der Waals surface area contributed by atoms with E-state index in [2.05, 4.69) is 116 Å². The van der Waals surface area contributed by atoms with E-state index in [-0.39, 0.29) is 35.6 Å². The maximum absolute atomic E-state index is 6.19. The van der Waals surface area contributed by atoms with Crippen molar-refractivity contribution in [2.75, 3.05) is 38.0 Å². The van der Waals surface area contributed by atoms with Gasteiger partial charge in [0, 0.05) is 0 Å². The van der Waals surface area contributed by atoms with Gasteiger partial charge in [0.2, 0.25) is 0 Å². The smallest absolute Gasteiger partial charge is 0.147 e. The van der Waals surface area contributed by atoms with E-state index < -0.39 is 24.1 Å². The van der Waals surface area contributed by atoms with Crippen LogP contribution in [0.5, 0.6) is 11.5 Å². The minimum atomic E-state index is -1.55. The molecule has 0 bridgehead atoms. The Morgan fingerprint density at radius 1 is 0.613 bits per heavy atom. The van der Waals surface area contributed by atoms with Crippen LogP contribution < -0.4 is 15.4 Å². The van der Waals surface area contributed by atoms with E-state index in [9.17, 15) is 0 Å². The predicted molar refractivity (Wildman–Crippen MR) is 135 cm³/mol. The van der Waals surface area contributed by atoms with Gasteiger partial charge in [-0.25, -0.2) is 0 Å². The maximum atomic E-state index is 6.19. The molecule has 31 heavy (non-hydrogen) atoms. The van der Waals surface area contributed by atoms with Gasteiger partial charge in [-0.3, -0.25) is 0 Å². The van der Waals surface area contributed by atoms with Gasteiger partial charge in [-0.2, -0.15) is 0 Å². The molecule has 0 spiro atoms. The molecule has 0 unspecified atom stereocenters. The van der Waals surface area contributed by atoms with Gasteiger partial charge in [-0.05, 0) is 0 Å². The molecule has 0 aliphatic heterocycles. The number of benzene rings is 2. The normalized spacial score (nSPS) is 11.0. The van der Waals surface area contributed by atoms with Gasteiger partial charge in [0.25, 0.3) is 0 Å². The molecule has 0 radical (unpaired) electrons. The van der Waals surface area contributed by atoms with Crippen LogP contribution in [0, 0.1) is 0 Å². The van der Waals surface area contributed by atoms with Crippen LogP contribution in [0.3, 0.4) is 0 Å². The van der Waals surface area contributed by atoms with Gasteiger partial charge in [-0.1, -0.05) is 0 Å². The average Bonchev–Trinajstić information content (AvgIpc) is 2.60. The molecule has 7 heteroatoms. The van der Waals surface area contributed by atoms with Crippen LogP contribution in [0.4, 0.5) is 11.4 Å². The summed E-state index contributed by atoms with van der Waals surface area (Å²) in [6.07, 6.45) is 0. The second-order valence-corrected chi connectivity index (χ2v) is 11.4. The summed E-state index contributed by atoms with van der Waals surface area (Å²) in [6.45, 7) is 13.4. The fraction of sp³-hybridized carbons (Fsp3) is 0.500. The number of hydrogen-bond acceptors (Lipinski definition) is 4. The zero-order valence-electron chi connectivity index (χ0n) is 20.5. The van der Waals surface area contributed by atoms with Crippen molar-refractivity contribution in [3.63, 3.8) is 0 Å².